The summed E-state index contributed by atoms with van der Waals surface area (Å²) in [6, 6.07) is 9.89. The van der Waals surface area contributed by atoms with Crippen LogP contribution in [-0.4, -0.2) is 32.4 Å². The Morgan fingerprint density at radius 1 is 1.28 bits per heavy atom. The number of hydrogen-bond acceptors (Lipinski definition) is 2. The molecule has 5 heteroatoms. The van der Waals surface area contributed by atoms with Gasteiger partial charge >= 0.3 is 6.09 Å². The lowest BCUT2D eigenvalue weighted by atomic mass is 10.1. The molecule has 0 aliphatic carbocycles. The van der Waals surface area contributed by atoms with E-state index >= 15 is 0 Å². The molecule has 92 valence electrons. The highest BCUT2D eigenvalue weighted by Gasteiger charge is 2.23. The molecule has 1 aromatic heterocycles. The molecule has 0 fully saturated rings. The zero-order chi connectivity index (χ0) is 12.5. The van der Waals surface area contributed by atoms with Crippen molar-refractivity contribution in [3.63, 3.8) is 0 Å². The summed E-state index contributed by atoms with van der Waals surface area (Å²) in [5.41, 5.74) is 3.12. The number of amides is 1. The van der Waals surface area contributed by atoms with Crippen LogP contribution in [0.2, 0.25) is 0 Å². The Morgan fingerprint density at radius 2 is 2.06 bits per heavy atom. The average Bonchev–Trinajstić information content (AvgIpc) is 2.82. The topological polar surface area (TPSA) is 58.4 Å². The SMILES string of the molecule is O=C(O)N1CCc2c(cnn2-c2ccccc2)C1. The Balaban J connectivity index is 1.96. The lowest BCUT2D eigenvalue weighted by Gasteiger charge is -2.24. The fraction of sp³-hybridized carbons (Fsp3) is 0.231. The minimum atomic E-state index is -0.867. The zero-order valence-electron chi connectivity index (χ0n) is 9.78. The highest BCUT2D eigenvalue weighted by atomic mass is 16.4. The summed E-state index contributed by atoms with van der Waals surface area (Å²) >= 11 is 0. The number of fused-ring (bicyclic) bond motifs is 1. The fourth-order valence-corrected chi connectivity index (χ4v) is 2.29. The number of carboxylic acid groups (broad SMARTS) is 1. The molecule has 0 spiro atoms. The third-order valence-corrected chi connectivity index (χ3v) is 3.21. The fourth-order valence-electron chi connectivity index (χ4n) is 2.29. The Morgan fingerprint density at radius 3 is 2.78 bits per heavy atom. The quantitative estimate of drug-likeness (QED) is 0.832. The monoisotopic (exact) mass is 243 g/mol. The van der Waals surface area contributed by atoms with Crippen LogP contribution in [0.5, 0.6) is 0 Å². The van der Waals surface area contributed by atoms with E-state index in [9.17, 15) is 4.79 Å². The van der Waals surface area contributed by atoms with Crippen LogP contribution in [0.1, 0.15) is 11.3 Å². The smallest absolute Gasteiger partial charge is 0.407 e. The highest BCUT2D eigenvalue weighted by Crippen LogP contribution is 2.21. The minimum Gasteiger partial charge on any atom is -0.465 e. The van der Waals surface area contributed by atoms with E-state index in [0.717, 1.165) is 16.9 Å². The molecule has 2 aromatic rings. The number of hydrogen-bond donors (Lipinski definition) is 1. The predicted octanol–water partition coefficient (Wildman–Crippen LogP) is 1.91. The van der Waals surface area contributed by atoms with Gasteiger partial charge < -0.3 is 10.0 Å². The number of rotatable bonds is 1. The van der Waals surface area contributed by atoms with Crippen LogP contribution < -0.4 is 0 Å². The Bertz CT molecular complexity index is 577. The van der Waals surface area contributed by atoms with Gasteiger partial charge in [-0.15, -0.1) is 0 Å². The molecule has 1 aliphatic rings. The van der Waals surface area contributed by atoms with Crippen molar-refractivity contribution in [3.05, 3.63) is 47.8 Å². The van der Waals surface area contributed by atoms with Gasteiger partial charge in [-0.2, -0.15) is 5.10 Å². The van der Waals surface area contributed by atoms with Crippen molar-refractivity contribution in [1.29, 1.82) is 0 Å². The molecule has 1 aliphatic heterocycles. The molecule has 18 heavy (non-hydrogen) atoms. The maximum Gasteiger partial charge on any atom is 0.407 e. The first-order chi connectivity index (χ1) is 8.75. The predicted molar refractivity (Wildman–Crippen MR) is 65.7 cm³/mol. The molecule has 1 N–H and O–H groups in total. The van der Waals surface area contributed by atoms with Gasteiger partial charge in [-0.05, 0) is 12.1 Å². The van der Waals surface area contributed by atoms with E-state index in [1.807, 2.05) is 35.0 Å². The van der Waals surface area contributed by atoms with Crippen molar-refractivity contribution in [2.75, 3.05) is 6.54 Å². The van der Waals surface area contributed by atoms with Gasteiger partial charge in [0.1, 0.15) is 0 Å². The average molecular weight is 243 g/mol. The normalized spacial score (nSPS) is 14.3. The van der Waals surface area contributed by atoms with Gasteiger partial charge in [-0.3, -0.25) is 0 Å². The number of aromatic nitrogens is 2. The van der Waals surface area contributed by atoms with E-state index in [4.69, 9.17) is 5.11 Å². The van der Waals surface area contributed by atoms with Gasteiger partial charge in [0.15, 0.2) is 0 Å². The van der Waals surface area contributed by atoms with Crippen LogP contribution in [0.25, 0.3) is 5.69 Å². The van der Waals surface area contributed by atoms with Gasteiger partial charge in [0, 0.05) is 18.5 Å². The zero-order valence-corrected chi connectivity index (χ0v) is 9.78. The Kier molecular flexibility index (Phi) is 2.51. The number of para-hydroxylation sites is 1. The molecule has 0 atom stereocenters. The van der Waals surface area contributed by atoms with Crippen molar-refractivity contribution in [1.82, 2.24) is 14.7 Å². The first-order valence-electron chi connectivity index (χ1n) is 5.85. The summed E-state index contributed by atoms with van der Waals surface area (Å²) < 4.78 is 1.90. The van der Waals surface area contributed by atoms with Crippen LogP contribution in [0.3, 0.4) is 0 Å². The molecule has 0 saturated heterocycles. The van der Waals surface area contributed by atoms with Gasteiger partial charge in [0.2, 0.25) is 0 Å². The number of nitrogens with zero attached hydrogens (tertiary/aromatic N) is 3. The van der Waals surface area contributed by atoms with Crippen molar-refractivity contribution in [3.8, 4) is 5.69 Å². The molecular weight excluding hydrogens is 230 g/mol. The molecule has 2 heterocycles. The van der Waals surface area contributed by atoms with E-state index in [2.05, 4.69) is 5.10 Å². The molecule has 5 nitrogen and oxygen atoms in total. The molecule has 1 aromatic carbocycles. The summed E-state index contributed by atoms with van der Waals surface area (Å²) in [6.07, 6.45) is 1.60. The molecule has 0 unspecified atom stereocenters. The third kappa shape index (κ3) is 1.73. The Hall–Kier alpha value is -2.30. The van der Waals surface area contributed by atoms with E-state index in [1.54, 1.807) is 6.20 Å². The maximum absolute atomic E-state index is 10.9. The number of benzene rings is 1. The standard InChI is InChI=1S/C13H13N3O2/c17-13(18)15-7-6-12-10(9-15)8-14-16(12)11-4-2-1-3-5-11/h1-5,8H,6-7,9H2,(H,17,18). The maximum atomic E-state index is 10.9. The largest absolute Gasteiger partial charge is 0.465 e. The van der Waals surface area contributed by atoms with Crippen molar-refractivity contribution in [2.45, 2.75) is 13.0 Å². The van der Waals surface area contributed by atoms with Crippen LogP contribution in [-0.2, 0) is 13.0 Å². The Labute approximate surface area is 104 Å². The molecular formula is C13H13N3O2. The van der Waals surface area contributed by atoms with Gasteiger partial charge in [0.25, 0.3) is 0 Å². The van der Waals surface area contributed by atoms with Crippen molar-refractivity contribution >= 4 is 6.09 Å². The second kappa shape index (κ2) is 4.18. The van der Waals surface area contributed by atoms with Crippen LogP contribution >= 0.6 is 0 Å². The second-order valence-electron chi connectivity index (χ2n) is 4.32. The van der Waals surface area contributed by atoms with Crippen molar-refractivity contribution in [2.24, 2.45) is 0 Å². The van der Waals surface area contributed by atoms with Gasteiger partial charge in [-0.25, -0.2) is 9.48 Å². The van der Waals surface area contributed by atoms with Crippen LogP contribution in [0.4, 0.5) is 4.79 Å². The van der Waals surface area contributed by atoms with Gasteiger partial charge in [0.05, 0.1) is 24.1 Å². The third-order valence-electron chi connectivity index (χ3n) is 3.21. The second-order valence-corrected chi connectivity index (χ2v) is 4.32. The van der Waals surface area contributed by atoms with Crippen LogP contribution in [0.15, 0.2) is 36.5 Å². The lowest BCUT2D eigenvalue weighted by Crippen LogP contribution is -2.35. The van der Waals surface area contributed by atoms with Gasteiger partial charge in [-0.1, -0.05) is 18.2 Å². The summed E-state index contributed by atoms with van der Waals surface area (Å²) in [5, 5.41) is 13.3. The van der Waals surface area contributed by atoms with E-state index in [1.165, 1.54) is 4.90 Å². The molecule has 0 bridgehead atoms. The first kappa shape index (κ1) is 10.8. The van der Waals surface area contributed by atoms with E-state index in [0.29, 0.717) is 19.5 Å². The first-order valence-corrected chi connectivity index (χ1v) is 5.85. The van der Waals surface area contributed by atoms with E-state index in [-0.39, 0.29) is 0 Å². The van der Waals surface area contributed by atoms with Crippen LogP contribution in [0, 0.1) is 0 Å². The summed E-state index contributed by atoms with van der Waals surface area (Å²) in [5.74, 6) is 0. The molecule has 0 radical (unpaired) electrons. The summed E-state index contributed by atoms with van der Waals surface area (Å²) in [7, 11) is 0. The minimum absolute atomic E-state index is 0.428. The highest BCUT2D eigenvalue weighted by molar-refractivity contribution is 5.65. The number of carbonyl (C=O) groups is 1. The lowest BCUT2D eigenvalue weighted by molar-refractivity contribution is 0.139. The molecule has 3 rings (SSSR count). The molecule has 1 amide bonds. The summed E-state index contributed by atoms with van der Waals surface area (Å²) in [6.45, 7) is 0.957. The van der Waals surface area contributed by atoms with E-state index < -0.39 is 6.09 Å². The molecule has 0 saturated carbocycles. The summed E-state index contributed by atoms with van der Waals surface area (Å²) in [4.78, 5) is 12.4. The van der Waals surface area contributed by atoms with Crippen molar-refractivity contribution < 1.29 is 9.90 Å².